The van der Waals surface area contributed by atoms with E-state index in [2.05, 4.69) is 16.0 Å². The molecule has 0 radical (unpaired) electrons. The van der Waals surface area contributed by atoms with Gasteiger partial charge < -0.3 is 4.74 Å². The zero-order valence-corrected chi connectivity index (χ0v) is 16.8. The molecule has 2 heterocycles. The summed E-state index contributed by atoms with van der Waals surface area (Å²) in [6, 6.07) is 16.3. The molecule has 0 spiro atoms. The predicted octanol–water partition coefficient (Wildman–Crippen LogP) is 2.83. The van der Waals surface area contributed by atoms with Crippen molar-refractivity contribution >= 4 is 16.8 Å². The molecule has 4 rings (SSSR count). The van der Waals surface area contributed by atoms with Gasteiger partial charge in [0.15, 0.2) is 0 Å². The van der Waals surface area contributed by atoms with Crippen LogP contribution in [0.1, 0.15) is 15.9 Å². The Kier molecular flexibility index (Phi) is 5.72. The van der Waals surface area contributed by atoms with Gasteiger partial charge in [0.25, 0.3) is 11.5 Å². The summed E-state index contributed by atoms with van der Waals surface area (Å²) in [5.41, 5.74) is 5.07. The highest BCUT2D eigenvalue weighted by Gasteiger charge is 2.10. The van der Waals surface area contributed by atoms with Crippen LogP contribution in [0.15, 0.2) is 71.9 Å². The number of hydroxylamine groups is 1. The Hall–Kier alpha value is -4.04. The maximum Gasteiger partial charge on any atom is 0.274 e. The average molecular weight is 416 g/mol. The van der Waals surface area contributed by atoms with E-state index in [0.717, 1.165) is 16.7 Å². The zero-order chi connectivity index (χ0) is 21.8. The van der Waals surface area contributed by atoms with Crippen molar-refractivity contribution in [3.63, 3.8) is 0 Å². The van der Waals surface area contributed by atoms with Crippen molar-refractivity contribution in [1.29, 1.82) is 0 Å². The monoisotopic (exact) mass is 416 g/mol. The third-order valence-corrected chi connectivity index (χ3v) is 5.03. The molecule has 0 saturated heterocycles. The lowest BCUT2D eigenvalue weighted by molar-refractivity contribution is 0.0706. The van der Waals surface area contributed by atoms with Crippen LogP contribution in [-0.2, 0) is 13.0 Å². The van der Waals surface area contributed by atoms with E-state index in [0.29, 0.717) is 29.7 Å². The highest BCUT2D eigenvalue weighted by atomic mass is 16.5. The first-order valence-electron chi connectivity index (χ1n) is 9.62. The molecule has 0 aliphatic carbocycles. The highest BCUT2D eigenvalue weighted by molar-refractivity contribution is 5.97. The van der Waals surface area contributed by atoms with E-state index >= 15 is 0 Å². The molecule has 8 heteroatoms. The van der Waals surface area contributed by atoms with Crippen molar-refractivity contribution < 1.29 is 14.7 Å². The van der Waals surface area contributed by atoms with Gasteiger partial charge in [-0.3, -0.25) is 19.4 Å². The number of ether oxygens (including phenoxy) is 1. The number of hydrogen-bond donors (Lipinski definition) is 2. The van der Waals surface area contributed by atoms with Crippen LogP contribution in [0.2, 0.25) is 0 Å². The standard InChI is InChI=1S/C23H20N4O4/c1-31-21-8-6-18(13-24-21)16-4-2-3-15(11-16)9-10-27-14-25-20-7-5-17(22(28)26-30)12-19(20)23(27)29/h2-8,11-14,30H,9-10H2,1H3,(H,26,28). The fourth-order valence-corrected chi connectivity index (χ4v) is 3.35. The predicted molar refractivity (Wildman–Crippen MR) is 115 cm³/mol. The molecule has 0 saturated carbocycles. The summed E-state index contributed by atoms with van der Waals surface area (Å²) < 4.78 is 6.62. The number of carbonyl (C=O) groups excluding carboxylic acids is 1. The van der Waals surface area contributed by atoms with Gasteiger partial charge in [0, 0.05) is 29.9 Å². The normalized spacial score (nSPS) is 10.8. The maximum absolute atomic E-state index is 12.9. The minimum Gasteiger partial charge on any atom is -0.481 e. The number of fused-ring (bicyclic) bond motifs is 1. The molecule has 31 heavy (non-hydrogen) atoms. The fourth-order valence-electron chi connectivity index (χ4n) is 3.35. The van der Waals surface area contributed by atoms with Crippen LogP contribution < -0.4 is 15.8 Å². The molecule has 156 valence electrons. The Labute approximate surface area is 177 Å². The van der Waals surface area contributed by atoms with Crippen LogP contribution in [0.5, 0.6) is 5.88 Å². The van der Waals surface area contributed by atoms with Gasteiger partial charge in [-0.15, -0.1) is 0 Å². The fraction of sp³-hybridized carbons (Fsp3) is 0.130. The van der Waals surface area contributed by atoms with Crippen LogP contribution >= 0.6 is 0 Å². The Balaban J connectivity index is 1.56. The number of rotatable bonds is 6. The van der Waals surface area contributed by atoms with Crippen LogP contribution in [0.3, 0.4) is 0 Å². The lowest BCUT2D eigenvalue weighted by Crippen LogP contribution is -2.23. The lowest BCUT2D eigenvalue weighted by Gasteiger charge is -2.09. The second-order valence-electron chi connectivity index (χ2n) is 6.96. The van der Waals surface area contributed by atoms with Crippen molar-refractivity contribution in [1.82, 2.24) is 20.0 Å². The minimum atomic E-state index is -0.679. The number of methoxy groups -OCH3 is 1. The molecule has 8 nitrogen and oxygen atoms in total. The van der Waals surface area contributed by atoms with Crippen molar-refractivity contribution in [3.8, 4) is 17.0 Å². The van der Waals surface area contributed by atoms with Gasteiger partial charge in [-0.2, -0.15) is 0 Å². The summed E-state index contributed by atoms with van der Waals surface area (Å²) in [7, 11) is 1.58. The van der Waals surface area contributed by atoms with E-state index in [-0.39, 0.29) is 11.1 Å². The van der Waals surface area contributed by atoms with Crippen LogP contribution in [0.25, 0.3) is 22.0 Å². The Morgan fingerprint density at radius 1 is 1.10 bits per heavy atom. The lowest BCUT2D eigenvalue weighted by atomic mass is 10.0. The van der Waals surface area contributed by atoms with E-state index in [4.69, 9.17) is 9.94 Å². The third kappa shape index (κ3) is 4.29. The minimum absolute atomic E-state index is 0.187. The molecular formula is C23H20N4O4. The van der Waals surface area contributed by atoms with Crippen molar-refractivity contribution in [3.05, 3.63) is 88.6 Å². The molecule has 0 unspecified atom stereocenters. The quantitative estimate of drug-likeness (QED) is 0.370. The van der Waals surface area contributed by atoms with E-state index in [1.807, 2.05) is 30.3 Å². The molecular weight excluding hydrogens is 396 g/mol. The summed E-state index contributed by atoms with van der Waals surface area (Å²) in [5.74, 6) is -0.121. The van der Waals surface area contributed by atoms with Gasteiger partial charge in [-0.05, 0) is 41.8 Å². The molecule has 0 atom stereocenters. The summed E-state index contributed by atoms with van der Waals surface area (Å²) in [6.45, 7) is 0.433. The van der Waals surface area contributed by atoms with E-state index in [1.54, 1.807) is 24.9 Å². The second-order valence-corrected chi connectivity index (χ2v) is 6.96. The first-order valence-corrected chi connectivity index (χ1v) is 9.62. The van der Waals surface area contributed by atoms with E-state index < -0.39 is 5.91 Å². The SMILES string of the molecule is COc1ccc(-c2cccc(CCn3cnc4ccc(C(=O)NO)cc4c3=O)c2)cn1. The Morgan fingerprint density at radius 3 is 2.71 bits per heavy atom. The third-order valence-electron chi connectivity index (χ3n) is 5.03. The first-order chi connectivity index (χ1) is 15.1. The largest absolute Gasteiger partial charge is 0.481 e. The molecule has 1 amide bonds. The summed E-state index contributed by atoms with van der Waals surface area (Å²) in [5, 5.41) is 9.14. The van der Waals surface area contributed by atoms with Gasteiger partial charge in [-0.25, -0.2) is 15.4 Å². The maximum atomic E-state index is 12.9. The van der Waals surface area contributed by atoms with Crippen LogP contribution in [0.4, 0.5) is 0 Å². The zero-order valence-electron chi connectivity index (χ0n) is 16.8. The number of carbonyl (C=O) groups is 1. The summed E-state index contributed by atoms with van der Waals surface area (Å²) in [4.78, 5) is 33.1. The number of nitrogens with zero attached hydrogens (tertiary/aromatic N) is 3. The summed E-state index contributed by atoms with van der Waals surface area (Å²) in [6.07, 6.45) is 3.89. The van der Waals surface area contributed by atoms with Crippen LogP contribution in [0, 0.1) is 0 Å². The first kappa shape index (κ1) is 20.2. The number of nitrogens with one attached hydrogen (secondary N) is 1. The van der Waals surface area contributed by atoms with E-state index in [1.165, 1.54) is 23.0 Å². The number of aryl methyl sites for hydroxylation is 2. The van der Waals surface area contributed by atoms with Gasteiger partial charge in [0.2, 0.25) is 5.88 Å². The Bertz CT molecular complexity index is 1300. The number of benzene rings is 2. The molecule has 0 aliphatic heterocycles. The topological polar surface area (TPSA) is 106 Å². The van der Waals surface area contributed by atoms with Gasteiger partial charge in [0.1, 0.15) is 0 Å². The summed E-state index contributed by atoms with van der Waals surface area (Å²) >= 11 is 0. The van der Waals surface area contributed by atoms with Crippen molar-refractivity contribution in [2.45, 2.75) is 13.0 Å². The number of hydrogen-bond acceptors (Lipinski definition) is 6. The van der Waals surface area contributed by atoms with Gasteiger partial charge in [0.05, 0.1) is 24.3 Å². The smallest absolute Gasteiger partial charge is 0.274 e. The molecule has 0 aliphatic rings. The number of amides is 1. The van der Waals surface area contributed by atoms with Crippen molar-refractivity contribution in [2.24, 2.45) is 0 Å². The molecule has 0 bridgehead atoms. The second kappa shape index (κ2) is 8.76. The number of aromatic nitrogens is 3. The molecule has 0 fully saturated rings. The highest BCUT2D eigenvalue weighted by Crippen LogP contribution is 2.21. The Morgan fingerprint density at radius 2 is 1.97 bits per heavy atom. The molecule has 2 aromatic heterocycles. The van der Waals surface area contributed by atoms with Gasteiger partial charge >= 0.3 is 0 Å². The van der Waals surface area contributed by atoms with E-state index in [9.17, 15) is 9.59 Å². The molecule has 2 N–H and O–H groups in total. The van der Waals surface area contributed by atoms with Crippen molar-refractivity contribution in [2.75, 3.05) is 7.11 Å². The van der Waals surface area contributed by atoms with Crippen LogP contribution in [-0.4, -0.2) is 32.8 Å². The molecule has 2 aromatic carbocycles. The van der Waals surface area contributed by atoms with Gasteiger partial charge in [-0.1, -0.05) is 24.3 Å². The molecule has 4 aromatic rings. The number of pyridine rings is 1. The average Bonchev–Trinajstić information content (AvgIpc) is 2.83.